The number of H-pyrrole nitrogens is 1. The number of nitrogens with zero attached hydrogens (tertiary/aromatic N) is 2. The normalized spacial score (nSPS) is 26.2. The number of carbonyl (C=O) groups is 1. The summed E-state index contributed by atoms with van der Waals surface area (Å²) in [6, 6.07) is 9.31. The van der Waals surface area contributed by atoms with Gasteiger partial charge in [-0.15, -0.1) is 0 Å². The fraction of sp³-hybridized carbons (Fsp3) is 0.690. The van der Waals surface area contributed by atoms with Crippen LogP contribution in [0.3, 0.4) is 0 Å². The van der Waals surface area contributed by atoms with Gasteiger partial charge in [-0.25, -0.2) is 0 Å². The van der Waals surface area contributed by atoms with Crippen molar-refractivity contribution in [2.45, 2.75) is 95.8 Å². The standard InChI is InChI=1S/C29H44N4O2/c1-22-10-8-11-23-20-26(30-28(22)23)29(34)31-27-15-9-14-25(21-32-16-18-35-19-17-32)33(27)24-12-6-4-2-3-5-7-13-24/h8,10-11,20,24-25,27,30H,2-7,9,12-19,21H2,1H3,(H,31,34). The fourth-order valence-corrected chi connectivity index (χ4v) is 6.63. The van der Waals surface area contributed by atoms with Crippen LogP contribution in [0.5, 0.6) is 0 Å². The molecule has 1 aliphatic carbocycles. The van der Waals surface area contributed by atoms with Gasteiger partial charge >= 0.3 is 0 Å². The molecule has 1 saturated carbocycles. The van der Waals surface area contributed by atoms with Crippen molar-refractivity contribution in [3.63, 3.8) is 0 Å². The van der Waals surface area contributed by atoms with Crippen LogP contribution in [0.1, 0.15) is 86.7 Å². The molecular formula is C29H44N4O2. The Kier molecular flexibility index (Phi) is 8.43. The summed E-state index contributed by atoms with van der Waals surface area (Å²) in [6.07, 6.45) is 14.2. The van der Waals surface area contributed by atoms with Crippen LogP contribution in [0, 0.1) is 6.92 Å². The number of ether oxygens (including phenoxy) is 1. The van der Waals surface area contributed by atoms with Gasteiger partial charge in [0, 0.05) is 42.6 Å². The second-order valence-electron chi connectivity index (χ2n) is 11.0. The molecule has 3 fully saturated rings. The molecule has 2 aliphatic heterocycles. The number of nitrogens with one attached hydrogen (secondary N) is 2. The molecule has 1 aromatic carbocycles. The summed E-state index contributed by atoms with van der Waals surface area (Å²) in [5.74, 6) is 0.0330. The molecule has 6 heteroatoms. The third-order valence-electron chi connectivity index (χ3n) is 8.52. The Morgan fingerprint density at radius 3 is 2.49 bits per heavy atom. The van der Waals surface area contributed by atoms with Crippen LogP contribution in [-0.2, 0) is 4.74 Å². The topological polar surface area (TPSA) is 60.6 Å². The highest BCUT2D eigenvalue weighted by Crippen LogP contribution is 2.31. The predicted octanol–water partition coefficient (Wildman–Crippen LogP) is 5.22. The number of carbonyl (C=O) groups excluding carboxylic acids is 1. The molecule has 2 atom stereocenters. The van der Waals surface area contributed by atoms with Gasteiger partial charge in [0.25, 0.3) is 5.91 Å². The van der Waals surface area contributed by atoms with Gasteiger partial charge in [-0.2, -0.15) is 0 Å². The zero-order valence-electron chi connectivity index (χ0n) is 21.6. The number of fused-ring (bicyclic) bond motifs is 1. The highest BCUT2D eigenvalue weighted by Gasteiger charge is 2.37. The lowest BCUT2D eigenvalue weighted by Crippen LogP contribution is -2.61. The number of morpholine rings is 1. The molecule has 0 bridgehead atoms. The molecule has 35 heavy (non-hydrogen) atoms. The van der Waals surface area contributed by atoms with Gasteiger partial charge in [0.2, 0.25) is 0 Å². The van der Waals surface area contributed by atoms with E-state index in [1.54, 1.807) is 0 Å². The van der Waals surface area contributed by atoms with E-state index in [0.29, 0.717) is 17.8 Å². The molecule has 2 aromatic rings. The minimum Gasteiger partial charge on any atom is -0.379 e. The molecule has 192 valence electrons. The van der Waals surface area contributed by atoms with Crippen molar-refractivity contribution in [1.82, 2.24) is 20.1 Å². The van der Waals surface area contributed by atoms with Gasteiger partial charge in [-0.3, -0.25) is 14.6 Å². The van der Waals surface area contributed by atoms with Crippen LogP contribution in [-0.4, -0.2) is 71.8 Å². The van der Waals surface area contributed by atoms with Crippen LogP contribution in [0.25, 0.3) is 10.9 Å². The second-order valence-corrected chi connectivity index (χ2v) is 11.0. The highest BCUT2D eigenvalue weighted by atomic mass is 16.5. The molecule has 2 saturated heterocycles. The predicted molar refractivity (Wildman–Crippen MR) is 142 cm³/mol. The van der Waals surface area contributed by atoms with E-state index < -0.39 is 0 Å². The number of para-hydroxylation sites is 1. The van der Waals surface area contributed by atoms with Crippen molar-refractivity contribution < 1.29 is 9.53 Å². The Morgan fingerprint density at radius 1 is 1.00 bits per heavy atom. The van der Waals surface area contributed by atoms with Crippen LogP contribution in [0.4, 0.5) is 0 Å². The fourth-order valence-electron chi connectivity index (χ4n) is 6.63. The van der Waals surface area contributed by atoms with E-state index in [1.807, 2.05) is 6.07 Å². The summed E-state index contributed by atoms with van der Waals surface area (Å²) < 4.78 is 5.62. The van der Waals surface area contributed by atoms with Crippen molar-refractivity contribution >= 4 is 16.8 Å². The Morgan fingerprint density at radius 2 is 1.74 bits per heavy atom. The summed E-state index contributed by atoms with van der Waals surface area (Å²) in [5.41, 5.74) is 2.93. The molecule has 3 aliphatic rings. The molecule has 2 unspecified atom stereocenters. The number of aryl methyl sites for hydroxylation is 1. The number of hydrogen-bond donors (Lipinski definition) is 2. The third-order valence-corrected chi connectivity index (χ3v) is 8.52. The minimum atomic E-state index is 0.0330. The van der Waals surface area contributed by atoms with Crippen molar-refractivity contribution in [2.75, 3.05) is 32.8 Å². The number of rotatable bonds is 5. The number of piperidine rings is 1. The Balaban J connectivity index is 1.36. The number of amides is 1. The van der Waals surface area contributed by atoms with Crippen molar-refractivity contribution in [3.8, 4) is 0 Å². The molecule has 5 rings (SSSR count). The first-order valence-corrected chi connectivity index (χ1v) is 14.2. The van der Waals surface area contributed by atoms with Gasteiger partial charge < -0.3 is 15.0 Å². The van der Waals surface area contributed by atoms with Crippen LogP contribution in [0.15, 0.2) is 24.3 Å². The number of aromatic nitrogens is 1. The first-order chi connectivity index (χ1) is 17.2. The summed E-state index contributed by atoms with van der Waals surface area (Å²) in [5, 5.41) is 4.60. The van der Waals surface area contributed by atoms with E-state index in [9.17, 15) is 4.79 Å². The van der Waals surface area contributed by atoms with Crippen LogP contribution in [0.2, 0.25) is 0 Å². The zero-order valence-corrected chi connectivity index (χ0v) is 21.6. The Bertz CT molecular complexity index is 957. The van der Waals surface area contributed by atoms with Crippen LogP contribution >= 0.6 is 0 Å². The van der Waals surface area contributed by atoms with E-state index in [4.69, 9.17) is 4.74 Å². The number of hydrogen-bond acceptors (Lipinski definition) is 4. The van der Waals surface area contributed by atoms with E-state index in [0.717, 1.165) is 50.2 Å². The molecular weight excluding hydrogens is 436 g/mol. The van der Waals surface area contributed by atoms with Gasteiger partial charge in [-0.1, -0.05) is 56.7 Å². The lowest BCUT2D eigenvalue weighted by atomic mass is 9.92. The van der Waals surface area contributed by atoms with Gasteiger partial charge in [0.15, 0.2) is 0 Å². The van der Waals surface area contributed by atoms with Gasteiger partial charge in [-0.05, 0) is 50.7 Å². The maximum atomic E-state index is 13.5. The first-order valence-electron chi connectivity index (χ1n) is 14.2. The largest absolute Gasteiger partial charge is 0.379 e. The Labute approximate surface area is 210 Å². The highest BCUT2D eigenvalue weighted by molar-refractivity contribution is 5.98. The Hall–Kier alpha value is -1.89. The van der Waals surface area contributed by atoms with Crippen LogP contribution < -0.4 is 5.32 Å². The summed E-state index contributed by atoms with van der Waals surface area (Å²) >= 11 is 0. The average Bonchev–Trinajstić information content (AvgIpc) is 3.36. The number of aromatic amines is 1. The molecule has 0 spiro atoms. The molecule has 1 aromatic heterocycles. The van der Waals surface area contributed by atoms with Crippen molar-refractivity contribution in [2.24, 2.45) is 0 Å². The smallest absolute Gasteiger partial charge is 0.268 e. The van der Waals surface area contributed by atoms with E-state index >= 15 is 0 Å². The second kappa shape index (κ2) is 11.9. The van der Waals surface area contributed by atoms with Crippen molar-refractivity contribution in [3.05, 3.63) is 35.5 Å². The molecule has 3 heterocycles. The minimum absolute atomic E-state index is 0.0330. The summed E-state index contributed by atoms with van der Waals surface area (Å²) in [7, 11) is 0. The lowest BCUT2D eigenvalue weighted by molar-refractivity contribution is -0.0222. The summed E-state index contributed by atoms with van der Waals surface area (Å²) in [4.78, 5) is 22.2. The van der Waals surface area contributed by atoms with Gasteiger partial charge in [0.05, 0.1) is 19.4 Å². The molecule has 2 N–H and O–H groups in total. The maximum Gasteiger partial charge on any atom is 0.268 e. The SMILES string of the molecule is Cc1cccc2cc(C(=O)NC3CCCC(CN4CCOCC4)N3C3CCCCCCCC3)[nH]c12. The quantitative estimate of drug-likeness (QED) is 0.616. The summed E-state index contributed by atoms with van der Waals surface area (Å²) in [6.45, 7) is 6.93. The number of benzene rings is 1. The van der Waals surface area contributed by atoms with E-state index in [2.05, 4.69) is 45.2 Å². The third kappa shape index (κ3) is 6.10. The zero-order chi connectivity index (χ0) is 24.0. The molecule has 0 radical (unpaired) electrons. The first kappa shape index (κ1) is 24.8. The lowest BCUT2D eigenvalue weighted by Gasteiger charge is -2.48. The van der Waals surface area contributed by atoms with E-state index in [-0.39, 0.29) is 12.1 Å². The molecule has 6 nitrogen and oxygen atoms in total. The maximum absolute atomic E-state index is 13.5. The monoisotopic (exact) mass is 480 g/mol. The van der Waals surface area contributed by atoms with Gasteiger partial charge in [0.1, 0.15) is 5.69 Å². The molecule has 1 amide bonds. The number of likely N-dealkylation sites (tertiary alicyclic amines) is 1. The van der Waals surface area contributed by atoms with Crippen molar-refractivity contribution in [1.29, 1.82) is 0 Å². The van der Waals surface area contributed by atoms with E-state index in [1.165, 1.54) is 69.8 Å². The average molecular weight is 481 g/mol.